The first-order valence-corrected chi connectivity index (χ1v) is 10.7. The maximum Gasteiger partial charge on any atom is 0.146 e. The van der Waals surface area contributed by atoms with Gasteiger partial charge in [0.25, 0.3) is 0 Å². The summed E-state index contributed by atoms with van der Waals surface area (Å²) in [5, 5.41) is 5.11. The van der Waals surface area contributed by atoms with E-state index in [0.717, 1.165) is 53.9 Å². The van der Waals surface area contributed by atoms with Crippen LogP contribution < -0.4 is 5.32 Å². The summed E-state index contributed by atoms with van der Waals surface area (Å²) >= 11 is 6.40. The lowest BCUT2D eigenvalue weighted by Gasteiger charge is -2.11. The molecule has 4 rings (SSSR count). The number of benzene rings is 2. The molecule has 0 radical (unpaired) electrons. The molecule has 0 amide bonds. The van der Waals surface area contributed by atoms with Gasteiger partial charge >= 0.3 is 0 Å². The molecule has 0 saturated carbocycles. The first-order valence-electron chi connectivity index (χ1n) is 10.3. The second kappa shape index (κ2) is 9.43. The van der Waals surface area contributed by atoms with E-state index in [1.807, 2.05) is 24.3 Å². The van der Waals surface area contributed by atoms with Crippen molar-refractivity contribution in [3.63, 3.8) is 0 Å². The SMILES string of the molecule is CN(C)CCCNCc1ccc(-c2cc(Cl)nc3c2ccn3-c2ccccc2)cc1. The van der Waals surface area contributed by atoms with Gasteiger partial charge < -0.3 is 14.8 Å². The van der Waals surface area contributed by atoms with Crippen LogP contribution in [0.15, 0.2) is 72.9 Å². The number of fused-ring (bicyclic) bond motifs is 1. The van der Waals surface area contributed by atoms with E-state index < -0.39 is 0 Å². The highest BCUT2D eigenvalue weighted by molar-refractivity contribution is 6.30. The van der Waals surface area contributed by atoms with Crippen LogP contribution in [0, 0.1) is 0 Å². The first kappa shape index (κ1) is 20.6. The standard InChI is InChI=1S/C25H27ClN4/c1-29(2)15-6-14-27-18-19-9-11-20(12-10-19)23-17-24(26)28-25-22(23)13-16-30(25)21-7-4-3-5-8-21/h3-5,7-13,16-17,27H,6,14-15,18H2,1-2H3. The molecule has 2 aromatic heterocycles. The average Bonchev–Trinajstić information content (AvgIpc) is 3.17. The molecule has 1 N–H and O–H groups in total. The molecule has 5 heteroatoms. The van der Waals surface area contributed by atoms with Crippen molar-refractivity contribution in [2.75, 3.05) is 27.2 Å². The van der Waals surface area contributed by atoms with E-state index in [2.05, 4.69) is 82.5 Å². The van der Waals surface area contributed by atoms with Crippen LogP contribution in [0.3, 0.4) is 0 Å². The molecule has 0 bridgehead atoms. The molecule has 154 valence electrons. The number of nitrogens with one attached hydrogen (secondary N) is 1. The molecule has 0 aliphatic heterocycles. The molecule has 0 saturated heterocycles. The molecule has 0 unspecified atom stereocenters. The van der Waals surface area contributed by atoms with Crippen LogP contribution in [-0.4, -0.2) is 41.6 Å². The van der Waals surface area contributed by atoms with E-state index in [9.17, 15) is 0 Å². The molecule has 0 atom stereocenters. The Bertz CT molecular complexity index is 1100. The monoisotopic (exact) mass is 418 g/mol. The van der Waals surface area contributed by atoms with E-state index in [1.165, 1.54) is 5.56 Å². The Morgan fingerprint density at radius 3 is 2.50 bits per heavy atom. The lowest BCUT2D eigenvalue weighted by atomic mass is 10.0. The van der Waals surface area contributed by atoms with Gasteiger partial charge in [-0.05, 0) is 74.6 Å². The molecule has 0 fully saturated rings. The predicted molar refractivity (Wildman–Crippen MR) is 126 cm³/mol. The molecule has 0 aliphatic rings. The molecular formula is C25H27ClN4. The first-order chi connectivity index (χ1) is 14.6. The van der Waals surface area contributed by atoms with Gasteiger partial charge in [0.05, 0.1) is 0 Å². The van der Waals surface area contributed by atoms with E-state index >= 15 is 0 Å². The third-order valence-corrected chi connectivity index (χ3v) is 5.41. The highest BCUT2D eigenvalue weighted by Crippen LogP contribution is 2.32. The minimum Gasteiger partial charge on any atom is -0.313 e. The Morgan fingerprint density at radius 2 is 1.77 bits per heavy atom. The van der Waals surface area contributed by atoms with Crippen LogP contribution in [0.1, 0.15) is 12.0 Å². The zero-order chi connectivity index (χ0) is 20.9. The summed E-state index contributed by atoms with van der Waals surface area (Å²) in [6, 6.07) is 23.0. The van der Waals surface area contributed by atoms with Gasteiger partial charge in [0, 0.05) is 23.8 Å². The van der Waals surface area contributed by atoms with E-state index in [1.54, 1.807) is 0 Å². The second-order valence-corrected chi connectivity index (χ2v) is 8.17. The van der Waals surface area contributed by atoms with Gasteiger partial charge in [-0.1, -0.05) is 54.1 Å². The van der Waals surface area contributed by atoms with Crippen molar-refractivity contribution in [3.8, 4) is 16.8 Å². The zero-order valence-electron chi connectivity index (χ0n) is 17.5. The molecule has 0 aliphatic carbocycles. The Balaban J connectivity index is 1.55. The number of halogens is 1. The van der Waals surface area contributed by atoms with Crippen molar-refractivity contribution in [1.29, 1.82) is 0 Å². The highest BCUT2D eigenvalue weighted by atomic mass is 35.5. The van der Waals surface area contributed by atoms with Crippen LogP contribution in [0.5, 0.6) is 0 Å². The number of rotatable bonds is 8. The number of pyridine rings is 1. The number of hydrogen-bond donors (Lipinski definition) is 1. The molecule has 0 spiro atoms. The number of hydrogen-bond acceptors (Lipinski definition) is 3. The average molecular weight is 419 g/mol. The van der Waals surface area contributed by atoms with Crippen LogP contribution in [-0.2, 0) is 6.54 Å². The summed E-state index contributed by atoms with van der Waals surface area (Å²) < 4.78 is 2.08. The molecule has 2 heterocycles. The Kier molecular flexibility index (Phi) is 6.48. The summed E-state index contributed by atoms with van der Waals surface area (Å²) in [5.74, 6) is 0. The van der Waals surface area contributed by atoms with Crippen molar-refractivity contribution in [1.82, 2.24) is 19.8 Å². The number of para-hydroxylation sites is 1. The maximum atomic E-state index is 6.40. The van der Waals surface area contributed by atoms with Crippen molar-refractivity contribution in [2.45, 2.75) is 13.0 Å². The zero-order valence-corrected chi connectivity index (χ0v) is 18.2. The summed E-state index contributed by atoms with van der Waals surface area (Å²) in [7, 11) is 4.21. The van der Waals surface area contributed by atoms with E-state index in [4.69, 9.17) is 11.6 Å². The molecular weight excluding hydrogens is 392 g/mol. The fourth-order valence-corrected chi connectivity index (χ4v) is 3.86. The third kappa shape index (κ3) is 4.73. The Morgan fingerprint density at radius 1 is 1.00 bits per heavy atom. The van der Waals surface area contributed by atoms with Crippen LogP contribution in [0.2, 0.25) is 5.15 Å². The Labute approximate surface area is 183 Å². The minimum atomic E-state index is 0.500. The highest BCUT2D eigenvalue weighted by Gasteiger charge is 2.12. The summed E-state index contributed by atoms with van der Waals surface area (Å²) in [6.45, 7) is 3.01. The smallest absolute Gasteiger partial charge is 0.146 e. The quantitative estimate of drug-likeness (QED) is 0.307. The maximum absolute atomic E-state index is 6.40. The summed E-state index contributed by atoms with van der Waals surface area (Å²) in [6.07, 6.45) is 3.20. The van der Waals surface area contributed by atoms with Crippen molar-refractivity contribution in [3.05, 3.63) is 83.6 Å². The minimum absolute atomic E-state index is 0.500. The fourth-order valence-electron chi connectivity index (χ4n) is 3.67. The van der Waals surface area contributed by atoms with Gasteiger partial charge in [0.2, 0.25) is 0 Å². The van der Waals surface area contributed by atoms with Crippen LogP contribution in [0.4, 0.5) is 0 Å². The van der Waals surface area contributed by atoms with Gasteiger partial charge in [0.15, 0.2) is 0 Å². The predicted octanol–water partition coefficient (Wildman–Crippen LogP) is 5.39. The summed E-state index contributed by atoms with van der Waals surface area (Å²) in [4.78, 5) is 6.81. The van der Waals surface area contributed by atoms with Crippen LogP contribution in [0.25, 0.3) is 27.8 Å². The Hall–Kier alpha value is -2.66. The number of nitrogens with zero attached hydrogens (tertiary/aromatic N) is 3. The van der Waals surface area contributed by atoms with Gasteiger partial charge in [0.1, 0.15) is 10.8 Å². The molecule has 4 aromatic rings. The van der Waals surface area contributed by atoms with Gasteiger partial charge in [-0.15, -0.1) is 0 Å². The van der Waals surface area contributed by atoms with Crippen molar-refractivity contribution < 1.29 is 0 Å². The number of aromatic nitrogens is 2. The van der Waals surface area contributed by atoms with Crippen molar-refractivity contribution >= 4 is 22.6 Å². The molecule has 30 heavy (non-hydrogen) atoms. The third-order valence-electron chi connectivity index (χ3n) is 5.21. The largest absolute Gasteiger partial charge is 0.313 e. The fraction of sp³-hybridized carbons (Fsp3) is 0.240. The topological polar surface area (TPSA) is 33.1 Å². The van der Waals surface area contributed by atoms with E-state index in [-0.39, 0.29) is 0 Å². The van der Waals surface area contributed by atoms with Gasteiger partial charge in [-0.3, -0.25) is 0 Å². The normalized spacial score (nSPS) is 11.5. The summed E-state index contributed by atoms with van der Waals surface area (Å²) in [5.41, 5.74) is 5.47. The lowest BCUT2D eigenvalue weighted by Crippen LogP contribution is -2.20. The second-order valence-electron chi connectivity index (χ2n) is 7.78. The van der Waals surface area contributed by atoms with E-state index in [0.29, 0.717) is 5.15 Å². The van der Waals surface area contributed by atoms with Gasteiger partial charge in [-0.2, -0.15) is 0 Å². The molecule has 4 nitrogen and oxygen atoms in total. The van der Waals surface area contributed by atoms with Crippen molar-refractivity contribution in [2.24, 2.45) is 0 Å². The van der Waals surface area contributed by atoms with Crippen LogP contribution >= 0.6 is 11.6 Å². The molecule has 2 aromatic carbocycles. The lowest BCUT2D eigenvalue weighted by molar-refractivity contribution is 0.394. The van der Waals surface area contributed by atoms with Gasteiger partial charge in [-0.25, -0.2) is 4.98 Å².